The lowest BCUT2D eigenvalue weighted by Gasteiger charge is -2.13. The molecule has 0 saturated heterocycles. The highest BCUT2D eigenvalue weighted by molar-refractivity contribution is 6.18. The van der Waals surface area contributed by atoms with Crippen molar-refractivity contribution in [1.29, 1.82) is 0 Å². The van der Waals surface area contributed by atoms with Crippen molar-refractivity contribution in [2.24, 2.45) is 0 Å². The van der Waals surface area contributed by atoms with E-state index in [4.69, 9.17) is 16.3 Å². The van der Waals surface area contributed by atoms with Gasteiger partial charge in [-0.25, -0.2) is 4.98 Å². The number of nitrogens with zero attached hydrogens (tertiary/aromatic N) is 1. The first-order valence-electron chi connectivity index (χ1n) is 4.65. The Labute approximate surface area is 89.4 Å². The van der Waals surface area contributed by atoms with E-state index < -0.39 is 0 Å². The lowest BCUT2D eigenvalue weighted by Crippen LogP contribution is -2.10. The van der Waals surface area contributed by atoms with Gasteiger partial charge in [0.1, 0.15) is 0 Å². The molecule has 0 amide bonds. The molecule has 0 bridgehead atoms. The van der Waals surface area contributed by atoms with Gasteiger partial charge in [0.05, 0.1) is 6.10 Å². The summed E-state index contributed by atoms with van der Waals surface area (Å²) in [7, 11) is 0. The molecule has 0 aliphatic carbocycles. The summed E-state index contributed by atoms with van der Waals surface area (Å²) in [5.74, 6) is 2.08. The highest BCUT2D eigenvalue weighted by atomic mass is 35.5. The topological polar surface area (TPSA) is 34.1 Å². The summed E-state index contributed by atoms with van der Waals surface area (Å²) in [6, 6.07) is 3.74. The predicted octanol–water partition coefficient (Wildman–Crippen LogP) is 2.52. The number of halogens is 1. The number of rotatable bonds is 5. The number of nitrogens with one attached hydrogen (secondary N) is 1. The Morgan fingerprint density at radius 2 is 2.36 bits per heavy atom. The first-order valence-corrected chi connectivity index (χ1v) is 5.19. The molecule has 1 rings (SSSR count). The van der Waals surface area contributed by atoms with Crippen LogP contribution in [0.3, 0.4) is 0 Å². The van der Waals surface area contributed by atoms with Gasteiger partial charge in [-0.3, -0.25) is 0 Å². The van der Waals surface area contributed by atoms with Crippen molar-refractivity contribution in [2.75, 3.05) is 17.7 Å². The van der Waals surface area contributed by atoms with Crippen LogP contribution in [0.15, 0.2) is 18.3 Å². The molecule has 0 spiro atoms. The Morgan fingerprint density at radius 1 is 1.57 bits per heavy atom. The van der Waals surface area contributed by atoms with Crippen LogP contribution in [-0.4, -0.2) is 23.5 Å². The summed E-state index contributed by atoms with van der Waals surface area (Å²) in [5.41, 5.74) is 0. The second-order valence-corrected chi connectivity index (χ2v) is 3.51. The molecule has 0 fully saturated rings. The minimum Gasteiger partial charge on any atom is -0.487 e. The van der Waals surface area contributed by atoms with Gasteiger partial charge in [-0.05, 0) is 26.0 Å². The molecule has 1 aromatic heterocycles. The standard InChI is InChI=1S/C10H15ClN2O/c1-8(2)14-9-4-3-6-12-10(9)13-7-5-11/h3-4,6,8H,5,7H2,1-2H3,(H,12,13). The maximum atomic E-state index is 5.58. The third-order valence-electron chi connectivity index (χ3n) is 1.52. The van der Waals surface area contributed by atoms with Crippen LogP contribution in [0.5, 0.6) is 5.75 Å². The van der Waals surface area contributed by atoms with Crippen molar-refractivity contribution in [3.05, 3.63) is 18.3 Å². The van der Waals surface area contributed by atoms with Crippen LogP contribution in [0.1, 0.15) is 13.8 Å². The number of aromatic nitrogens is 1. The quantitative estimate of drug-likeness (QED) is 0.765. The smallest absolute Gasteiger partial charge is 0.168 e. The Hall–Kier alpha value is -0.960. The molecule has 1 N–H and O–H groups in total. The predicted molar refractivity (Wildman–Crippen MR) is 59.2 cm³/mol. The Bertz CT molecular complexity index is 279. The number of anilines is 1. The zero-order valence-electron chi connectivity index (χ0n) is 8.46. The summed E-state index contributed by atoms with van der Waals surface area (Å²) in [6.45, 7) is 4.66. The molecule has 4 heteroatoms. The SMILES string of the molecule is CC(C)Oc1cccnc1NCCCl. The summed E-state index contributed by atoms with van der Waals surface area (Å²) >= 11 is 5.58. The highest BCUT2D eigenvalue weighted by Gasteiger charge is 2.04. The van der Waals surface area contributed by atoms with Crippen LogP contribution < -0.4 is 10.1 Å². The van der Waals surface area contributed by atoms with Crippen molar-refractivity contribution in [3.63, 3.8) is 0 Å². The number of hydrogen-bond acceptors (Lipinski definition) is 3. The van der Waals surface area contributed by atoms with Crippen molar-refractivity contribution in [1.82, 2.24) is 4.98 Å². The number of alkyl halides is 1. The van der Waals surface area contributed by atoms with Gasteiger partial charge in [-0.15, -0.1) is 11.6 Å². The maximum Gasteiger partial charge on any atom is 0.168 e. The maximum absolute atomic E-state index is 5.58. The number of pyridine rings is 1. The van der Waals surface area contributed by atoms with Crippen molar-refractivity contribution >= 4 is 17.4 Å². The molecule has 1 heterocycles. The molecule has 78 valence electrons. The number of hydrogen-bond donors (Lipinski definition) is 1. The van der Waals surface area contributed by atoms with E-state index in [1.165, 1.54) is 0 Å². The molecule has 0 atom stereocenters. The molecule has 0 aromatic carbocycles. The van der Waals surface area contributed by atoms with Crippen molar-refractivity contribution < 1.29 is 4.74 Å². The fourth-order valence-corrected chi connectivity index (χ4v) is 1.13. The molecule has 1 aromatic rings. The van der Waals surface area contributed by atoms with Crippen LogP contribution in [0.2, 0.25) is 0 Å². The van der Waals surface area contributed by atoms with Gasteiger partial charge < -0.3 is 10.1 Å². The normalized spacial score (nSPS) is 10.3. The molecular formula is C10H15ClN2O. The first kappa shape index (κ1) is 11.1. The lowest BCUT2D eigenvalue weighted by molar-refractivity contribution is 0.243. The fourth-order valence-electron chi connectivity index (χ4n) is 1.04. The Morgan fingerprint density at radius 3 is 3.00 bits per heavy atom. The second kappa shape index (κ2) is 5.70. The van der Waals surface area contributed by atoms with Gasteiger partial charge in [0, 0.05) is 18.6 Å². The van der Waals surface area contributed by atoms with E-state index in [0.717, 1.165) is 11.6 Å². The highest BCUT2D eigenvalue weighted by Crippen LogP contribution is 2.21. The van der Waals surface area contributed by atoms with Gasteiger partial charge in [0.15, 0.2) is 11.6 Å². The van der Waals surface area contributed by atoms with E-state index in [1.54, 1.807) is 6.20 Å². The largest absolute Gasteiger partial charge is 0.487 e. The van der Waals surface area contributed by atoms with Gasteiger partial charge in [0.2, 0.25) is 0 Å². The summed E-state index contributed by atoms with van der Waals surface area (Å²) < 4.78 is 5.57. The lowest BCUT2D eigenvalue weighted by atomic mass is 10.4. The summed E-state index contributed by atoms with van der Waals surface area (Å²) in [4.78, 5) is 4.17. The van der Waals surface area contributed by atoms with Gasteiger partial charge in [-0.1, -0.05) is 0 Å². The molecule has 0 saturated carbocycles. The van der Waals surface area contributed by atoms with E-state index >= 15 is 0 Å². The third-order valence-corrected chi connectivity index (χ3v) is 1.71. The zero-order chi connectivity index (χ0) is 10.4. The molecule has 3 nitrogen and oxygen atoms in total. The van der Waals surface area contributed by atoms with Gasteiger partial charge in [-0.2, -0.15) is 0 Å². The monoisotopic (exact) mass is 214 g/mol. The second-order valence-electron chi connectivity index (χ2n) is 3.13. The number of ether oxygens (including phenoxy) is 1. The average Bonchev–Trinajstić information content (AvgIpc) is 2.16. The van der Waals surface area contributed by atoms with Gasteiger partial charge >= 0.3 is 0 Å². The third kappa shape index (κ3) is 3.42. The first-order chi connectivity index (χ1) is 6.74. The Balaban J connectivity index is 2.69. The van der Waals surface area contributed by atoms with Crippen molar-refractivity contribution in [3.8, 4) is 5.75 Å². The van der Waals surface area contributed by atoms with E-state index in [2.05, 4.69) is 10.3 Å². The zero-order valence-corrected chi connectivity index (χ0v) is 9.21. The van der Waals surface area contributed by atoms with Crippen LogP contribution in [0, 0.1) is 0 Å². The van der Waals surface area contributed by atoms with E-state index in [9.17, 15) is 0 Å². The molecule has 0 aliphatic heterocycles. The molecule has 0 aliphatic rings. The minimum absolute atomic E-state index is 0.149. The molecule has 14 heavy (non-hydrogen) atoms. The molecule has 0 unspecified atom stereocenters. The molecule has 0 radical (unpaired) electrons. The van der Waals surface area contributed by atoms with Gasteiger partial charge in [0.25, 0.3) is 0 Å². The molecular weight excluding hydrogens is 200 g/mol. The average molecular weight is 215 g/mol. The van der Waals surface area contributed by atoms with Crippen molar-refractivity contribution in [2.45, 2.75) is 20.0 Å². The van der Waals surface area contributed by atoms with Crippen LogP contribution in [-0.2, 0) is 0 Å². The summed E-state index contributed by atoms with van der Waals surface area (Å²) in [5, 5.41) is 3.10. The van der Waals surface area contributed by atoms with E-state index in [1.807, 2.05) is 26.0 Å². The van der Waals surface area contributed by atoms with Crippen LogP contribution in [0.4, 0.5) is 5.82 Å². The van der Waals surface area contributed by atoms with E-state index in [-0.39, 0.29) is 6.10 Å². The minimum atomic E-state index is 0.149. The van der Waals surface area contributed by atoms with Crippen LogP contribution in [0.25, 0.3) is 0 Å². The van der Waals surface area contributed by atoms with E-state index in [0.29, 0.717) is 12.4 Å². The Kier molecular flexibility index (Phi) is 4.53. The summed E-state index contributed by atoms with van der Waals surface area (Å²) in [6.07, 6.45) is 1.87. The fraction of sp³-hybridized carbons (Fsp3) is 0.500. The van der Waals surface area contributed by atoms with Crippen LogP contribution >= 0.6 is 11.6 Å².